The maximum absolute atomic E-state index is 13.1. The van der Waals surface area contributed by atoms with Gasteiger partial charge in [-0.25, -0.2) is 0 Å². The van der Waals surface area contributed by atoms with Crippen LogP contribution in [0.3, 0.4) is 0 Å². The number of rotatable bonds is 3. The van der Waals surface area contributed by atoms with Crippen LogP contribution in [0.2, 0.25) is 5.02 Å². The fourth-order valence-corrected chi connectivity index (χ4v) is 4.56. The van der Waals surface area contributed by atoms with Crippen molar-refractivity contribution in [3.05, 3.63) is 81.0 Å². The van der Waals surface area contributed by atoms with Crippen LogP contribution in [0.25, 0.3) is 5.76 Å². The summed E-state index contributed by atoms with van der Waals surface area (Å²) in [5.41, 5.74) is 0.919. The number of thiophene rings is 1. The van der Waals surface area contributed by atoms with Gasteiger partial charge in [-0.05, 0) is 47.8 Å². The van der Waals surface area contributed by atoms with Crippen LogP contribution in [-0.4, -0.2) is 23.6 Å². The number of aliphatic hydroxyl groups is 1. The molecule has 2 aliphatic heterocycles. The lowest BCUT2D eigenvalue weighted by molar-refractivity contribution is -0.132. The highest BCUT2D eigenvalue weighted by Crippen LogP contribution is 2.45. The molecule has 2 aromatic carbocycles. The molecule has 0 spiro atoms. The molecule has 0 bridgehead atoms. The van der Waals surface area contributed by atoms with Gasteiger partial charge in [0, 0.05) is 27.2 Å². The highest BCUT2D eigenvalue weighted by Gasteiger charge is 2.47. The van der Waals surface area contributed by atoms with Crippen molar-refractivity contribution in [3.8, 4) is 11.5 Å². The number of ether oxygens (including phenoxy) is 2. The molecule has 1 atom stereocenters. The van der Waals surface area contributed by atoms with Crippen molar-refractivity contribution in [1.29, 1.82) is 0 Å². The SMILES string of the molecule is O=C1C(=O)N(c2ccc3c(c2)OCO3)C(c2cccs2)/C1=C(/O)c1ccc(Cl)cc1. The molecule has 5 rings (SSSR count). The molecule has 150 valence electrons. The van der Waals surface area contributed by atoms with Crippen LogP contribution < -0.4 is 14.4 Å². The Labute approximate surface area is 180 Å². The zero-order valence-corrected chi connectivity index (χ0v) is 16.9. The Hall–Kier alpha value is -3.29. The van der Waals surface area contributed by atoms with Gasteiger partial charge in [-0.15, -0.1) is 11.3 Å². The molecule has 3 heterocycles. The van der Waals surface area contributed by atoms with Crippen molar-refractivity contribution in [2.75, 3.05) is 11.7 Å². The Morgan fingerprint density at radius 2 is 1.83 bits per heavy atom. The minimum absolute atomic E-state index is 0.0300. The van der Waals surface area contributed by atoms with Gasteiger partial charge >= 0.3 is 0 Å². The number of ketones is 1. The minimum atomic E-state index is -0.763. The number of hydrogen-bond acceptors (Lipinski definition) is 6. The Morgan fingerprint density at radius 1 is 1.07 bits per heavy atom. The molecule has 30 heavy (non-hydrogen) atoms. The lowest BCUT2D eigenvalue weighted by Crippen LogP contribution is -2.29. The van der Waals surface area contributed by atoms with Gasteiger partial charge < -0.3 is 14.6 Å². The zero-order valence-electron chi connectivity index (χ0n) is 15.4. The summed E-state index contributed by atoms with van der Waals surface area (Å²) in [4.78, 5) is 28.2. The molecule has 1 saturated heterocycles. The third-order valence-corrected chi connectivity index (χ3v) is 6.19. The van der Waals surface area contributed by atoms with Crippen molar-refractivity contribution in [1.82, 2.24) is 0 Å². The number of amides is 1. The van der Waals surface area contributed by atoms with Crippen molar-refractivity contribution in [2.24, 2.45) is 0 Å². The molecule has 1 unspecified atom stereocenters. The normalized spacial score (nSPS) is 19.5. The Bertz CT molecular complexity index is 1190. The first-order valence-electron chi connectivity index (χ1n) is 9.04. The van der Waals surface area contributed by atoms with E-state index in [9.17, 15) is 14.7 Å². The van der Waals surface area contributed by atoms with Gasteiger partial charge in [0.05, 0.1) is 5.57 Å². The fraction of sp³-hybridized carbons (Fsp3) is 0.0909. The van der Waals surface area contributed by atoms with E-state index in [1.165, 1.54) is 16.2 Å². The lowest BCUT2D eigenvalue weighted by Gasteiger charge is -2.24. The molecule has 1 N–H and O–H groups in total. The molecule has 8 heteroatoms. The summed E-state index contributed by atoms with van der Waals surface area (Å²) in [6, 6.07) is 14.4. The van der Waals surface area contributed by atoms with Crippen molar-refractivity contribution < 1.29 is 24.2 Å². The minimum Gasteiger partial charge on any atom is -0.507 e. The van der Waals surface area contributed by atoms with Gasteiger partial charge in [-0.3, -0.25) is 14.5 Å². The fourth-order valence-electron chi connectivity index (χ4n) is 3.61. The summed E-state index contributed by atoms with van der Waals surface area (Å²) in [5.74, 6) is -0.644. The Kier molecular flexibility index (Phi) is 4.49. The van der Waals surface area contributed by atoms with E-state index in [0.29, 0.717) is 27.8 Å². The van der Waals surface area contributed by atoms with Gasteiger partial charge in [0.15, 0.2) is 11.5 Å². The molecule has 1 amide bonds. The van der Waals surface area contributed by atoms with E-state index in [4.69, 9.17) is 21.1 Å². The quantitative estimate of drug-likeness (QED) is 0.362. The third kappa shape index (κ3) is 2.94. The molecule has 0 radical (unpaired) electrons. The van der Waals surface area contributed by atoms with E-state index in [1.54, 1.807) is 42.5 Å². The van der Waals surface area contributed by atoms with Crippen LogP contribution >= 0.6 is 22.9 Å². The summed E-state index contributed by atoms with van der Waals surface area (Å²) in [7, 11) is 0. The van der Waals surface area contributed by atoms with Crippen LogP contribution in [-0.2, 0) is 9.59 Å². The topological polar surface area (TPSA) is 76.1 Å². The first-order valence-corrected chi connectivity index (χ1v) is 10.3. The number of fused-ring (bicyclic) bond motifs is 1. The molecular formula is C22H14ClNO5S. The van der Waals surface area contributed by atoms with Gasteiger partial charge in [0.25, 0.3) is 11.7 Å². The lowest BCUT2D eigenvalue weighted by atomic mass is 10.00. The predicted octanol–water partition coefficient (Wildman–Crippen LogP) is 4.76. The maximum Gasteiger partial charge on any atom is 0.300 e. The number of benzene rings is 2. The molecule has 0 saturated carbocycles. The average molecular weight is 440 g/mol. The van der Waals surface area contributed by atoms with Crippen LogP contribution in [0.5, 0.6) is 11.5 Å². The van der Waals surface area contributed by atoms with Crippen molar-refractivity contribution in [3.63, 3.8) is 0 Å². The summed E-state index contributed by atoms with van der Waals surface area (Å²) in [6.45, 7) is 0.0997. The number of carbonyl (C=O) groups excluding carboxylic acids is 2. The second kappa shape index (κ2) is 7.19. The molecule has 0 aliphatic carbocycles. The van der Waals surface area contributed by atoms with E-state index >= 15 is 0 Å². The van der Waals surface area contributed by atoms with E-state index in [0.717, 1.165) is 4.88 Å². The average Bonchev–Trinajstić information content (AvgIpc) is 3.48. The first kappa shape index (κ1) is 18.7. The van der Waals surface area contributed by atoms with Gasteiger partial charge in [0.1, 0.15) is 11.8 Å². The number of hydrogen-bond donors (Lipinski definition) is 1. The third-order valence-electron chi connectivity index (χ3n) is 5.01. The summed E-state index contributed by atoms with van der Waals surface area (Å²) >= 11 is 7.34. The Balaban J connectivity index is 1.68. The molecule has 1 aromatic heterocycles. The van der Waals surface area contributed by atoms with Gasteiger partial charge in [0.2, 0.25) is 6.79 Å². The molecule has 1 fully saturated rings. The monoisotopic (exact) mass is 439 g/mol. The van der Waals surface area contributed by atoms with E-state index in [1.807, 2.05) is 17.5 Å². The number of aliphatic hydroxyl groups excluding tert-OH is 1. The highest BCUT2D eigenvalue weighted by molar-refractivity contribution is 7.10. The van der Waals surface area contributed by atoms with Gasteiger partial charge in [-0.2, -0.15) is 0 Å². The number of carbonyl (C=O) groups is 2. The number of Topliss-reactive ketones (excluding diaryl/α,β-unsaturated/α-hetero) is 1. The summed E-state index contributed by atoms with van der Waals surface area (Å²) < 4.78 is 10.8. The van der Waals surface area contributed by atoms with Crippen LogP contribution in [0.4, 0.5) is 5.69 Å². The van der Waals surface area contributed by atoms with Crippen LogP contribution in [0.1, 0.15) is 16.5 Å². The number of anilines is 1. The van der Waals surface area contributed by atoms with E-state index in [-0.39, 0.29) is 18.1 Å². The van der Waals surface area contributed by atoms with E-state index < -0.39 is 17.7 Å². The zero-order chi connectivity index (χ0) is 20.8. The second-order valence-corrected chi connectivity index (χ2v) is 8.14. The second-order valence-electron chi connectivity index (χ2n) is 6.73. The van der Waals surface area contributed by atoms with E-state index in [2.05, 4.69) is 0 Å². The van der Waals surface area contributed by atoms with Crippen molar-refractivity contribution in [2.45, 2.75) is 6.04 Å². The first-order chi connectivity index (χ1) is 14.5. The molecule has 3 aromatic rings. The summed E-state index contributed by atoms with van der Waals surface area (Å²) in [5, 5.41) is 13.3. The number of nitrogens with zero attached hydrogens (tertiary/aromatic N) is 1. The van der Waals surface area contributed by atoms with Crippen molar-refractivity contribution >= 4 is 46.1 Å². The maximum atomic E-state index is 13.1. The molecule has 2 aliphatic rings. The van der Waals surface area contributed by atoms with Crippen LogP contribution in [0, 0.1) is 0 Å². The predicted molar refractivity (Wildman–Crippen MR) is 113 cm³/mol. The van der Waals surface area contributed by atoms with Crippen LogP contribution in [0.15, 0.2) is 65.6 Å². The largest absolute Gasteiger partial charge is 0.507 e. The standard InChI is InChI=1S/C22H14ClNO5S/c23-13-5-3-12(4-6-13)20(25)18-19(17-2-1-9-30-17)24(22(27)21(18)26)14-7-8-15-16(10-14)29-11-28-15/h1-10,19,25H,11H2/b20-18-. The molecule has 6 nitrogen and oxygen atoms in total. The Morgan fingerprint density at radius 3 is 2.57 bits per heavy atom. The molecular weight excluding hydrogens is 426 g/mol. The van der Waals surface area contributed by atoms with Gasteiger partial charge in [-0.1, -0.05) is 17.7 Å². The summed E-state index contributed by atoms with van der Waals surface area (Å²) in [6.07, 6.45) is 0. The highest BCUT2D eigenvalue weighted by atomic mass is 35.5. The number of halogens is 1. The smallest absolute Gasteiger partial charge is 0.300 e.